The van der Waals surface area contributed by atoms with Crippen molar-refractivity contribution in [3.05, 3.63) is 63.9 Å². The van der Waals surface area contributed by atoms with E-state index in [0.29, 0.717) is 47.9 Å². The number of carbonyl (C=O) groups excluding carboxylic acids is 1. The highest BCUT2D eigenvalue weighted by atomic mass is 16.7. The Morgan fingerprint density at radius 1 is 1.12 bits per heavy atom. The van der Waals surface area contributed by atoms with Crippen LogP contribution >= 0.6 is 0 Å². The van der Waals surface area contributed by atoms with Crippen LogP contribution in [-0.2, 0) is 22.6 Å². The normalized spacial score (nSPS) is 17.0. The van der Waals surface area contributed by atoms with Crippen molar-refractivity contribution < 1.29 is 23.7 Å². The van der Waals surface area contributed by atoms with Crippen molar-refractivity contribution in [3.8, 4) is 17.2 Å². The van der Waals surface area contributed by atoms with Crippen LogP contribution in [0.4, 0.5) is 0 Å². The second-order valence-electron chi connectivity index (χ2n) is 7.96. The van der Waals surface area contributed by atoms with E-state index < -0.39 is 6.10 Å². The second-order valence-corrected chi connectivity index (χ2v) is 7.96. The number of hydrogen-bond donors (Lipinski definition) is 1. The first-order chi connectivity index (χ1) is 15.6. The zero-order chi connectivity index (χ0) is 22.1. The largest absolute Gasteiger partial charge is 0.497 e. The summed E-state index contributed by atoms with van der Waals surface area (Å²) in [5.41, 5.74) is 1.88. The lowest BCUT2D eigenvalue weighted by atomic mass is 10.1. The summed E-state index contributed by atoms with van der Waals surface area (Å²) in [6.45, 7) is 1.25. The third-order valence-electron chi connectivity index (χ3n) is 5.82. The molecule has 1 N–H and O–H groups in total. The molecular weight excluding hydrogens is 412 g/mol. The number of amides is 1. The van der Waals surface area contributed by atoms with Gasteiger partial charge in [0.05, 0.1) is 13.7 Å². The van der Waals surface area contributed by atoms with E-state index in [-0.39, 0.29) is 24.8 Å². The Morgan fingerprint density at radius 2 is 2.00 bits per heavy atom. The van der Waals surface area contributed by atoms with E-state index >= 15 is 0 Å². The minimum absolute atomic E-state index is 0.120. The Balaban J connectivity index is 1.46. The minimum atomic E-state index is -0.483. The first-order valence-corrected chi connectivity index (χ1v) is 10.6. The Kier molecular flexibility index (Phi) is 5.45. The molecule has 1 amide bonds. The van der Waals surface area contributed by atoms with E-state index in [1.807, 2.05) is 30.3 Å². The molecule has 1 saturated heterocycles. The summed E-state index contributed by atoms with van der Waals surface area (Å²) in [6, 6.07) is 12.9. The summed E-state index contributed by atoms with van der Waals surface area (Å²) in [6.07, 6.45) is 1.05. The van der Waals surface area contributed by atoms with Crippen LogP contribution < -0.4 is 19.8 Å². The fraction of sp³-hybridized carbons (Fsp3) is 0.333. The number of nitrogens with zero attached hydrogens (tertiary/aromatic N) is 1. The van der Waals surface area contributed by atoms with Crippen LogP contribution in [0.3, 0.4) is 0 Å². The maximum absolute atomic E-state index is 13.3. The van der Waals surface area contributed by atoms with Gasteiger partial charge in [-0.2, -0.15) is 0 Å². The maximum Gasteiger partial charge on any atom is 0.253 e. The van der Waals surface area contributed by atoms with Crippen LogP contribution in [0.1, 0.15) is 24.0 Å². The molecule has 8 nitrogen and oxygen atoms in total. The van der Waals surface area contributed by atoms with Crippen molar-refractivity contribution in [2.75, 3.05) is 20.5 Å². The van der Waals surface area contributed by atoms with Crippen molar-refractivity contribution in [2.45, 2.75) is 32.0 Å². The standard InChI is InChI=1S/C24H24N2O6/c1-29-18-5-6-19-16(11-18)10-17(23(27)25-19)13-26(24(28)21-3-2-8-30-21)12-15-4-7-20-22(9-15)32-14-31-20/h4-7,9-11,21H,2-3,8,12-14H2,1H3,(H,25,27). The van der Waals surface area contributed by atoms with Crippen LogP contribution in [0.2, 0.25) is 0 Å². The van der Waals surface area contributed by atoms with Crippen LogP contribution in [0, 0.1) is 0 Å². The van der Waals surface area contributed by atoms with E-state index in [2.05, 4.69) is 4.98 Å². The van der Waals surface area contributed by atoms with Gasteiger partial charge in [-0.15, -0.1) is 0 Å². The number of nitrogens with one attached hydrogen (secondary N) is 1. The molecule has 1 fully saturated rings. The Labute approximate surface area is 184 Å². The SMILES string of the molecule is COc1ccc2[nH]c(=O)c(CN(Cc3ccc4c(c3)OCO4)C(=O)C3CCCO3)cc2c1. The van der Waals surface area contributed by atoms with Crippen LogP contribution in [0.5, 0.6) is 17.2 Å². The number of benzene rings is 2. The van der Waals surface area contributed by atoms with Crippen molar-refractivity contribution in [1.82, 2.24) is 9.88 Å². The molecule has 3 heterocycles. The molecule has 3 aromatic rings. The average Bonchev–Trinajstić information content (AvgIpc) is 3.50. The van der Waals surface area contributed by atoms with Gasteiger partial charge in [-0.3, -0.25) is 9.59 Å². The molecule has 0 bridgehead atoms. The van der Waals surface area contributed by atoms with Crippen molar-refractivity contribution >= 4 is 16.8 Å². The molecule has 2 aliphatic heterocycles. The highest BCUT2D eigenvalue weighted by Gasteiger charge is 2.29. The summed E-state index contributed by atoms with van der Waals surface area (Å²) < 4.78 is 21.8. The van der Waals surface area contributed by atoms with E-state index in [1.54, 1.807) is 24.1 Å². The fourth-order valence-corrected chi connectivity index (χ4v) is 4.13. The number of carbonyl (C=O) groups is 1. The second kappa shape index (κ2) is 8.55. The average molecular weight is 436 g/mol. The highest BCUT2D eigenvalue weighted by Crippen LogP contribution is 2.33. The molecule has 0 aliphatic carbocycles. The van der Waals surface area contributed by atoms with Crippen molar-refractivity contribution in [2.24, 2.45) is 0 Å². The molecule has 0 radical (unpaired) electrons. The van der Waals surface area contributed by atoms with Gasteiger partial charge in [0, 0.05) is 29.6 Å². The Morgan fingerprint density at radius 3 is 2.81 bits per heavy atom. The zero-order valence-electron chi connectivity index (χ0n) is 17.8. The molecule has 2 aromatic carbocycles. The van der Waals surface area contributed by atoms with Crippen LogP contribution in [0.15, 0.2) is 47.3 Å². The van der Waals surface area contributed by atoms with Crippen molar-refractivity contribution in [3.63, 3.8) is 0 Å². The Bertz CT molecular complexity index is 1210. The van der Waals surface area contributed by atoms with Gasteiger partial charge in [-0.05, 0) is 54.8 Å². The molecule has 0 saturated carbocycles. The maximum atomic E-state index is 13.3. The van der Waals surface area contributed by atoms with E-state index in [1.165, 1.54) is 0 Å². The highest BCUT2D eigenvalue weighted by molar-refractivity contribution is 5.82. The molecule has 5 rings (SSSR count). The number of pyridine rings is 1. The summed E-state index contributed by atoms with van der Waals surface area (Å²) in [5, 5.41) is 0.839. The lowest BCUT2D eigenvalue weighted by Crippen LogP contribution is -2.39. The molecule has 0 spiro atoms. The van der Waals surface area contributed by atoms with E-state index in [9.17, 15) is 9.59 Å². The van der Waals surface area contributed by atoms with Gasteiger partial charge in [0.1, 0.15) is 11.9 Å². The fourth-order valence-electron chi connectivity index (χ4n) is 4.13. The van der Waals surface area contributed by atoms with Crippen LogP contribution in [-0.4, -0.2) is 42.4 Å². The lowest BCUT2D eigenvalue weighted by Gasteiger charge is -2.25. The number of hydrogen-bond acceptors (Lipinski definition) is 6. The van der Waals surface area contributed by atoms with Crippen molar-refractivity contribution in [1.29, 1.82) is 0 Å². The summed E-state index contributed by atoms with van der Waals surface area (Å²) in [7, 11) is 1.60. The smallest absolute Gasteiger partial charge is 0.253 e. The number of aromatic nitrogens is 1. The van der Waals surface area contributed by atoms with Gasteiger partial charge in [0.25, 0.3) is 11.5 Å². The number of fused-ring (bicyclic) bond motifs is 2. The lowest BCUT2D eigenvalue weighted by molar-refractivity contribution is -0.142. The third kappa shape index (κ3) is 4.01. The molecule has 1 aromatic heterocycles. The number of ether oxygens (including phenoxy) is 4. The molecule has 32 heavy (non-hydrogen) atoms. The summed E-state index contributed by atoms with van der Waals surface area (Å²) in [4.78, 5) is 30.6. The van der Waals surface area contributed by atoms with Gasteiger partial charge >= 0.3 is 0 Å². The van der Waals surface area contributed by atoms with Crippen LogP contribution in [0.25, 0.3) is 10.9 Å². The number of aromatic amines is 1. The first kappa shape index (κ1) is 20.4. The quantitative estimate of drug-likeness (QED) is 0.639. The molecule has 1 atom stereocenters. The summed E-state index contributed by atoms with van der Waals surface area (Å²) in [5.74, 6) is 1.92. The predicted molar refractivity (Wildman–Crippen MR) is 117 cm³/mol. The number of H-pyrrole nitrogens is 1. The van der Waals surface area contributed by atoms with Gasteiger partial charge in [0.2, 0.25) is 6.79 Å². The third-order valence-corrected chi connectivity index (χ3v) is 5.82. The first-order valence-electron chi connectivity index (χ1n) is 10.6. The van der Waals surface area contributed by atoms with Gasteiger partial charge in [-0.1, -0.05) is 6.07 Å². The summed E-state index contributed by atoms with van der Waals surface area (Å²) >= 11 is 0. The number of rotatable bonds is 6. The molecular formula is C24H24N2O6. The minimum Gasteiger partial charge on any atom is -0.497 e. The molecule has 8 heteroatoms. The van der Waals surface area contributed by atoms with Gasteiger partial charge < -0.3 is 28.8 Å². The zero-order valence-corrected chi connectivity index (χ0v) is 17.8. The topological polar surface area (TPSA) is 90.1 Å². The van der Waals surface area contributed by atoms with E-state index in [4.69, 9.17) is 18.9 Å². The monoisotopic (exact) mass is 436 g/mol. The molecule has 166 valence electrons. The van der Waals surface area contributed by atoms with Gasteiger partial charge in [-0.25, -0.2) is 0 Å². The molecule has 1 unspecified atom stereocenters. The van der Waals surface area contributed by atoms with Gasteiger partial charge in [0.15, 0.2) is 11.5 Å². The predicted octanol–water partition coefficient (Wildman–Crippen LogP) is 2.97. The van der Waals surface area contributed by atoms with E-state index in [0.717, 1.165) is 17.4 Å². The molecule has 2 aliphatic rings. The Hall–Kier alpha value is -3.52. The number of methoxy groups -OCH3 is 1.